The number of carbonyl (C=O) groups excluding carboxylic acids is 2. The Morgan fingerprint density at radius 2 is 1.00 bits per heavy atom. The Balaban J connectivity index is 0.000000537. The second-order valence-electron chi connectivity index (χ2n) is 7.59. The summed E-state index contributed by atoms with van der Waals surface area (Å²) < 4.78 is 50.7. The smallest absolute Gasteiger partial charge is 0.377 e. The van der Waals surface area contributed by atoms with E-state index in [4.69, 9.17) is 0 Å². The van der Waals surface area contributed by atoms with Gasteiger partial charge in [-0.1, -0.05) is 13.8 Å². The zero-order chi connectivity index (χ0) is 28.2. The standard InChI is InChI=1S/2C10H10F2NO.2C5H5.Ti/c2*1-2-3-10(14)13-9-5-4-7(11)6-8(9)12;2*1-2-4-5-3-1;/h2*4-5H,2-3H2,1H3,(H,13,14);2*1-5H;/q4*-1;+4. The molecule has 0 saturated carbocycles. The predicted octanol–water partition coefficient (Wildman–Crippen LogP) is 7.82. The summed E-state index contributed by atoms with van der Waals surface area (Å²) in [5.74, 6) is -3.89. The van der Waals surface area contributed by atoms with Crippen LogP contribution in [0.2, 0.25) is 0 Å². The molecule has 2 N–H and O–H groups in total. The van der Waals surface area contributed by atoms with Crippen LogP contribution in [0.5, 0.6) is 0 Å². The topological polar surface area (TPSA) is 58.2 Å². The molecule has 0 aliphatic carbocycles. The zero-order valence-electron chi connectivity index (χ0n) is 21.7. The van der Waals surface area contributed by atoms with Crippen molar-refractivity contribution in [3.63, 3.8) is 0 Å². The van der Waals surface area contributed by atoms with Crippen LogP contribution in [0.15, 0.2) is 84.9 Å². The van der Waals surface area contributed by atoms with E-state index in [1.165, 1.54) is 12.1 Å². The van der Waals surface area contributed by atoms with E-state index in [0.29, 0.717) is 25.7 Å². The fourth-order valence-electron chi connectivity index (χ4n) is 2.60. The van der Waals surface area contributed by atoms with Gasteiger partial charge in [0, 0.05) is 36.1 Å². The molecule has 39 heavy (non-hydrogen) atoms. The molecular formula is C30H30F4N2O2Ti. The molecule has 0 atom stereocenters. The first kappa shape index (κ1) is 35.5. The molecule has 204 valence electrons. The number of anilines is 2. The molecule has 0 aromatic heterocycles. The van der Waals surface area contributed by atoms with Crippen molar-refractivity contribution in [1.29, 1.82) is 0 Å². The van der Waals surface area contributed by atoms with E-state index in [-0.39, 0.29) is 44.9 Å². The van der Waals surface area contributed by atoms with Crippen LogP contribution >= 0.6 is 0 Å². The Bertz CT molecular complexity index is 1060. The molecule has 0 unspecified atom stereocenters. The van der Waals surface area contributed by atoms with Crippen LogP contribution in [0.3, 0.4) is 0 Å². The minimum atomic E-state index is -0.880. The summed E-state index contributed by atoms with van der Waals surface area (Å²) in [6.45, 7) is 3.68. The molecule has 0 aliphatic heterocycles. The molecular weight excluding hydrogens is 544 g/mol. The van der Waals surface area contributed by atoms with Gasteiger partial charge in [0.05, 0.1) is 0 Å². The van der Waals surface area contributed by atoms with E-state index in [0.717, 1.165) is 12.1 Å². The van der Waals surface area contributed by atoms with Crippen LogP contribution in [0.1, 0.15) is 39.5 Å². The summed E-state index contributed by atoms with van der Waals surface area (Å²) in [6, 6.07) is 28.1. The van der Waals surface area contributed by atoms with Crippen LogP contribution in [0.25, 0.3) is 0 Å². The third-order valence-electron chi connectivity index (χ3n) is 4.34. The minimum Gasteiger partial charge on any atom is -0.377 e. The Hall–Kier alpha value is -3.49. The van der Waals surface area contributed by atoms with Crippen LogP contribution in [-0.2, 0) is 31.3 Å². The number of benzene rings is 2. The molecule has 0 aliphatic rings. The van der Waals surface area contributed by atoms with Gasteiger partial charge in [-0.3, -0.25) is 9.59 Å². The van der Waals surface area contributed by atoms with E-state index >= 15 is 0 Å². The van der Waals surface area contributed by atoms with Gasteiger partial charge in [-0.2, -0.15) is 36.4 Å². The van der Waals surface area contributed by atoms with Gasteiger partial charge in [-0.15, -0.1) is 36.4 Å². The molecule has 0 radical (unpaired) electrons. The summed E-state index contributed by atoms with van der Waals surface area (Å²) in [4.78, 5) is 22.1. The van der Waals surface area contributed by atoms with Crippen molar-refractivity contribution in [2.75, 3.05) is 10.6 Å². The second-order valence-corrected chi connectivity index (χ2v) is 7.59. The SMILES string of the molecule is CCCC(=O)Nc1ccc(F)[c-]c1F.CCCC(=O)Nc1ccc(F)[c-]c1F.[Ti+4].c1cc[cH-]c1.c1cc[cH-]c1. The van der Waals surface area contributed by atoms with Crippen molar-refractivity contribution in [2.24, 2.45) is 0 Å². The van der Waals surface area contributed by atoms with Crippen molar-refractivity contribution in [2.45, 2.75) is 39.5 Å². The van der Waals surface area contributed by atoms with Crippen molar-refractivity contribution in [1.82, 2.24) is 0 Å². The van der Waals surface area contributed by atoms with Gasteiger partial charge in [-0.25, -0.2) is 41.8 Å². The normalized spacial score (nSPS) is 9.18. The number of hydrogen-bond acceptors (Lipinski definition) is 2. The van der Waals surface area contributed by atoms with Gasteiger partial charge in [0.25, 0.3) is 0 Å². The molecule has 9 heteroatoms. The van der Waals surface area contributed by atoms with E-state index in [1.807, 2.05) is 86.6 Å². The number of rotatable bonds is 6. The van der Waals surface area contributed by atoms with Gasteiger partial charge in [-0.05, 0) is 24.2 Å². The van der Waals surface area contributed by atoms with Gasteiger partial charge < -0.3 is 10.6 Å². The fraction of sp³-hybridized carbons (Fsp3) is 0.200. The summed E-state index contributed by atoms with van der Waals surface area (Å²) in [5.41, 5.74) is -0.0744. The van der Waals surface area contributed by atoms with Gasteiger partial charge in [0.1, 0.15) is 0 Å². The van der Waals surface area contributed by atoms with E-state index in [1.54, 1.807) is 0 Å². The molecule has 0 saturated heterocycles. The molecule has 4 aromatic carbocycles. The van der Waals surface area contributed by atoms with Crippen molar-refractivity contribution in [3.05, 3.63) is 120 Å². The van der Waals surface area contributed by atoms with Gasteiger partial charge in [0.15, 0.2) is 0 Å². The van der Waals surface area contributed by atoms with E-state index in [2.05, 4.69) is 10.6 Å². The Morgan fingerprint density at radius 1 is 0.667 bits per heavy atom. The quantitative estimate of drug-likeness (QED) is 0.140. The van der Waals surface area contributed by atoms with Crippen LogP contribution in [0, 0.1) is 35.4 Å². The first-order valence-electron chi connectivity index (χ1n) is 11.9. The van der Waals surface area contributed by atoms with Crippen LogP contribution < -0.4 is 10.6 Å². The summed E-state index contributed by atoms with van der Waals surface area (Å²) in [5, 5.41) is 4.65. The predicted molar refractivity (Wildman–Crippen MR) is 142 cm³/mol. The molecule has 0 fully saturated rings. The summed E-state index contributed by atoms with van der Waals surface area (Å²) >= 11 is 0. The number of amides is 2. The second kappa shape index (κ2) is 21.4. The first-order chi connectivity index (χ1) is 18.3. The Labute approximate surface area is 242 Å². The molecule has 0 bridgehead atoms. The maximum absolute atomic E-state index is 12.9. The molecule has 0 spiro atoms. The molecule has 4 aromatic rings. The van der Waals surface area contributed by atoms with E-state index in [9.17, 15) is 27.2 Å². The number of hydrogen-bond donors (Lipinski definition) is 2. The van der Waals surface area contributed by atoms with Gasteiger partial charge in [0.2, 0.25) is 11.8 Å². The maximum atomic E-state index is 12.9. The van der Waals surface area contributed by atoms with Gasteiger partial charge >= 0.3 is 21.7 Å². The summed E-state index contributed by atoms with van der Waals surface area (Å²) in [6.07, 6.45) is 1.99. The molecule has 2 amide bonds. The number of nitrogens with one attached hydrogen (secondary N) is 2. The van der Waals surface area contributed by atoms with Crippen molar-refractivity contribution in [3.8, 4) is 0 Å². The number of halogens is 4. The minimum absolute atomic E-state index is 0. The fourth-order valence-corrected chi connectivity index (χ4v) is 2.60. The molecule has 0 heterocycles. The third kappa shape index (κ3) is 16.9. The first-order valence-corrected chi connectivity index (χ1v) is 11.9. The van der Waals surface area contributed by atoms with Crippen molar-refractivity contribution < 1.29 is 48.9 Å². The molecule has 4 rings (SSSR count). The largest absolute Gasteiger partial charge is 4.00 e. The monoisotopic (exact) mass is 574 g/mol. The molecule has 4 nitrogen and oxygen atoms in total. The summed E-state index contributed by atoms with van der Waals surface area (Å²) in [7, 11) is 0. The van der Waals surface area contributed by atoms with E-state index < -0.39 is 23.3 Å². The number of carbonyl (C=O) groups is 2. The van der Waals surface area contributed by atoms with Crippen LogP contribution in [0.4, 0.5) is 28.9 Å². The van der Waals surface area contributed by atoms with Crippen LogP contribution in [-0.4, -0.2) is 11.8 Å². The Morgan fingerprint density at radius 3 is 1.23 bits per heavy atom. The average molecular weight is 574 g/mol. The zero-order valence-corrected chi connectivity index (χ0v) is 23.3. The third-order valence-corrected chi connectivity index (χ3v) is 4.34. The Kier molecular flexibility index (Phi) is 19.5. The average Bonchev–Trinajstić information content (AvgIpc) is 3.63. The maximum Gasteiger partial charge on any atom is 4.00 e. The van der Waals surface area contributed by atoms with Crippen molar-refractivity contribution >= 4 is 23.2 Å².